The highest BCUT2D eigenvalue weighted by Crippen LogP contribution is 2.37. The van der Waals surface area contributed by atoms with Gasteiger partial charge >= 0.3 is 12.9 Å². The number of halogens is 1. The summed E-state index contributed by atoms with van der Waals surface area (Å²) in [6, 6.07) is 1.20. The number of hydrogen-bond acceptors (Lipinski definition) is 5. The van der Waals surface area contributed by atoms with Gasteiger partial charge in [0.25, 0.3) is 0 Å². The second kappa shape index (κ2) is 4.43. The highest BCUT2D eigenvalue weighted by Gasteiger charge is 2.52. The SMILES string of the molecule is CC1(C)OB(c2cnc([N+](=O)[O-])cc2Cl)OC1(C)C. The number of rotatable bonds is 2. The minimum atomic E-state index is -0.675. The second-order valence-corrected chi connectivity index (χ2v) is 5.82. The molecule has 1 aromatic heterocycles. The Morgan fingerprint density at radius 1 is 1.32 bits per heavy atom. The van der Waals surface area contributed by atoms with Crippen LogP contribution in [0.4, 0.5) is 5.82 Å². The number of nitrogens with zero attached hydrogens (tertiary/aromatic N) is 2. The maximum atomic E-state index is 10.6. The van der Waals surface area contributed by atoms with E-state index in [0.717, 1.165) is 0 Å². The lowest BCUT2D eigenvalue weighted by Crippen LogP contribution is -2.41. The van der Waals surface area contributed by atoms with Gasteiger partial charge in [0.1, 0.15) is 6.20 Å². The first-order valence-electron chi connectivity index (χ1n) is 5.79. The van der Waals surface area contributed by atoms with Crippen LogP contribution in [0.2, 0.25) is 5.02 Å². The van der Waals surface area contributed by atoms with Gasteiger partial charge in [-0.2, -0.15) is 0 Å². The van der Waals surface area contributed by atoms with E-state index in [2.05, 4.69) is 4.98 Å². The minimum Gasteiger partial charge on any atom is -0.399 e. The predicted molar refractivity (Wildman–Crippen MR) is 71.6 cm³/mol. The summed E-state index contributed by atoms with van der Waals surface area (Å²) in [6.07, 6.45) is 1.32. The first-order valence-corrected chi connectivity index (χ1v) is 6.17. The molecule has 102 valence electrons. The molecule has 0 atom stereocenters. The van der Waals surface area contributed by atoms with Gasteiger partial charge in [-0.25, -0.2) is 0 Å². The summed E-state index contributed by atoms with van der Waals surface area (Å²) >= 11 is 6.04. The van der Waals surface area contributed by atoms with Crippen LogP contribution in [0, 0.1) is 10.1 Å². The van der Waals surface area contributed by atoms with Crippen LogP contribution in [-0.2, 0) is 9.31 Å². The van der Waals surface area contributed by atoms with Gasteiger partial charge in [0.15, 0.2) is 0 Å². The molecule has 0 unspecified atom stereocenters. The van der Waals surface area contributed by atoms with Gasteiger partial charge in [0.2, 0.25) is 0 Å². The van der Waals surface area contributed by atoms with Gasteiger partial charge in [-0.3, -0.25) is 0 Å². The minimum absolute atomic E-state index is 0.209. The Kier molecular flexibility index (Phi) is 3.32. The van der Waals surface area contributed by atoms with Crippen LogP contribution >= 0.6 is 11.6 Å². The predicted octanol–water partition coefficient (Wildman–Crippen LogP) is 1.94. The lowest BCUT2D eigenvalue weighted by molar-refractivity contribution is -0.389. The number of hydrogen-bond donors (Lipinski definition) is 0. The maximum Gasteiger partial charge on any atom is 0.500 e. The largest absolute Gasteiger partial charge is 0.500 e. The molecule has 0 aliphatic carbocycles. The molecule has 0 spiro atoms. The van der Waals surface area contributed by atoms with Crippen LogP contribution in [0.25, 0.3) is 0 Å². The lowest BCUT2D eigenvalue weighted by Gasteiger charge is -2.32. The van der Waals surface area contributed by atoms with Gasteiger partial charge in [0.05, 0.1) is 22.3 Å². The number of pyridine rings is 1. The average molecular weight is 285 g/mol. The number of nitro groups is 1. The van der Waals surface area contributed by atoms with Crippen molar-refractivity contribution in [1.29, 1.82) is 0 Å². The van der Waals surface area contributed by atoms with Gasteiger partial charge in [-0.1, -0.05) is 11.6 Å². The molecule has 0 bridgehead atoms. The van der Waals surface area contributed by atoms with Crippen molar-refractivity contribution in [3.05, 3.63) is 27.4 Å². The zero-order valence-electron chi connectivity index (χ0n) is 11.1. The third-order valence-electron chi connectivity index (χ3n) is 3.56. The van der Waals surface area contributed by atoms with Crippen LogP contribution in [-0.4, -0.2) is 28.2 Å². The van der Waals surface area contributed by atoms with Crippen molar-refractivity contribution in [3.8, 4) is 0 Å². The molecule has 1 fully saturated rings. The fourth-order valence-corrected chi connectivity index (χ4v) is 1.91. The summed E-state index contributed by atoms with van der Waals surface area (Å²) in [6.45, 7) is 7.67. The van der Waals surface area contributed by atoms with Crippen LogP contribution < -0.4 is 5.46 Å². The fraction of sp³-hybridized carbons (Fsp3) is 0.545. The van der Waals surface area contributed by atoms with Gasteiger partial charge < -0.3 is 19.4 Å². The molecule has 2 heterocycles. The summed E-state index contributed by atoms with van der Waals surface area (Å²) in [7, 11) is -0.675. The Hall–Kier alpha value is -1.18. The fourth-order valence-electron chi connectivity index (χ4n) is 1.67. The molecule has 0 aromatic carbocycles. The van der Waals surface area contributed by atoms with Gasteiger partial charge in [-0.05, 0) is 37.6 Å². The Morgan fingerprint density at radius 2 is 1.84 bits per heavy atom. The Balaban J connectivity index is 2.33. The van der Waals surface area contributed by atoms with Crippen LogP contribution in [0.1, 0.15) is 27.7 Å². The zero-order valence-corrected chi connectivity index (χ0v) is 11.9. The first-order chi connectivity index (χ1) is 8.64. The molecule has 8 heteroatoms. The molecule has 1 saturated heterocycles. The molecule has 0 N–H and O–H groups in total. The summed E-state index contributed by atoms with van der Waals surface area (Å²) in [4.78, 5) is 13.8. The highest BCUT2D eigenvalue weighted by molar-refractivity contribution is 6.65. The molecular weight excluding hydrogens is 270 g/mol. The van der Waals surface area contributed by atoms with E-state index in [4.69, 9.17) is 20.9 Å². The average Bonchev–Trinajstić information content (AvgIpc) is 2.47. The van der Waals surface area contributed by atoms with Crippen molar-refractivity contribution in [2.75, 3.05) is 0 Å². The quantitative estimate of drug-likeness (QED) is 0.471. The monoisotopic (exact) mass is 284 g/mol. The summed E-state index contributed by atoms with van der Waals surface area (Å²) in [5, 5.41) is 10.8. The molecule has 6 nitrogen and oxygen atoms in total. The standard InChI is InChI=1S/C11H14BClN2O4/c1-10(2)11(3,4)19-12(18-10)7-6-14-9(15(16)17)5-8(7)13/h5-6H,1-4H3. The first kappa shape index (κ1) is 14.2. The molecule has 1 aromatic rings. The normalized spacial score (nSPS) is 20.6. The molecule has 1 aliphatic rings. The Labute approximate surface area is 116 Å². The van der Waals surface area contributed by atoms with Crippen molar-refractivity contribution >= 4 is 30.0 Å². The van der Waals surface area contributed by atoms with Gasteiger partial charge in [0, 0.05) is 5.46 Å². The smallest absolute Gasteiger partial charge is 0.399 e. The molecule has 0 saturated carbocycles. The maximum absolute atomic E-state index is 10.6. The van der Waals surface area contributed by atoms with E-state index in [1.807, 2.05) is 27.7 Å². The van der Waals surface area contributed by atoms with Crippen LogP contribution in [0.3, 0.4) is 0 Å². The zero-order chi connectivity index (χ0) is 14.4. The van der Waals surface area contributed by atoms with E-state index in [1.54, 1.807) is 0 Å². The van der Waals surface area contributed by atoms with Gasteiger partial charge in [-0.15, -0.1) is 0 Å². The topological polar surface area (TPSA) is 74.5 Å². The van der Waals surface area contributed by atoms with Crippen molar-refractivity contribution in [2.24, 2.45) is 0 Å². The van der Waals surface area contributed by atoms with E-state index in [-0.39, 0.29) is 10.8 Å². The third kappa shape index (κ3) is 2.45. The van der Waals surface area contributed by atoms with Crippen molar-refractivity contribution in [3.63, 3.8) is 0 Å². The molecule has 19 heavy (non-hydrogen) atoms. The molecular formula is C11H14BClN2O4. The van der Waals surface area contributed by atoms with E-state index in [1.165, 1.54) is 12.3 Å². The summed E-state index contributed by atoms with van der Waals surface area (Å²) in [5.41, 5.74) is -0.503. The molecule has 2 rings (SSSR count). The molecule has 0 amide bonds. The Morgan fingerprint density at radius 3 is 2.26 bits per heavy atom. The highest BCUT2D eigenvalue weighted by atomic mass is 35.5. The summed E-state index contributed by atoms with van der Waals surface area (Å²) < 4.78 is 11.6. The third-order valence-corrected chi connectivity index (χ3v) is 3.89. The molecule has 0 radical (unpaired) electrons. The second-order valence-electron chi connectivity index (χ2n) is 5.41. The van der Waals surface area contributed by atoms with Crippen LogP contribution in [0.15, 0.2) is 12.3 Å². The van der Waals surface area contributed by atoms with E-state index < -0.39 is 23.2 Å². The van der Waals surface area contributed by atoms with Crippen molar-refractivity contribution in [2.45, 2.75) is 38.9 Å². The van der Waals surface area contributed by atoms with Crippen LogP contribution in [0.5, 0.6) is 0 Å². The number of aromatic nitrogens is 1. The Bertz CT molecular complexity index is 519. The van der Waals surface area contributed by atoms with E-state index in [0.29, 0.717) is 5.46 Å². The van der Waals surface area contributed by atoms with Crippen molar-refractivity contribution < 1.29 is 14.2 Å². The summed E-state index contributed by atoms with van der Waals surface area (Å²) in [5.74, 6) is -0.301. The van der Waals surface area contributed by atoms with E-state index in [9.17, 15) is 10.1 Å². The van der Waals surface area contributed by atoms with E-state index >= 15 is 0 Å². The lowest BCUT2D eigenvalue weighted by atomic mass is 9.80. The molecule has 1 aliphatic heterocycles. The van der Waals surface area contributed by atoms with Crippen molar-refractivity contribution in [1.82, 2.24) is 4.98 Å².